The van der Waals surface area contributed by atoms with Crippen molar-refractivity contribution in [2.75, 3.05) is 44.2 Å². The largest absolute Gasteiger partial charge is 0.369 e. The molecule has 0 amide bonds. The fourth-order valence-electron chi connectivity index (χ4n) is 3.60. The molecular formula is C21H28ClN3. The molecule has 134 valence electrons. The Morgan fingerprint density at radius 1 is 1.12 bits per heavy atom. The van der Waals surface area contributed by atoms with E-state index in [1.54, 1.807) is 0 Å². The van der Waals surface area contributed by atoms with Crippen LogP contribution in [0.5, 0.6) is 0 Å². The number of benzene rings is 2. The maximum atomic E-state index is 6.35. The molecule has 3 rings (SSSR count). The van der Waals surface area contributed by atoms with Crippen molar-refractivity contribution in [1.82, 2.24) is 10.2 Å². The standard InChI is InChI=1S/C21H28ClN3/c1-3-24(4-2)14-15-25-13-12-23-21(17-8-6-5-7-9-17)19-16-18(22)10-11-20(19)25/h5-11,16,21,23H,3-4,12-15H2,1-2H3. The summed E-state index contributed by atoms with van der Waals surface area (Å²) in [5.74, 6) is 0. The van der Waals surface area contributed by atoms with E-state index in [9.17, 15) is 0 Å². The van der Waals surface area contributed by atoms with Gasteiger partial charge in [-0.05, 0) is 42.4 Å². The van der Waals surface area contributed by atoms with Gasteiger partial charge in [-0.1, -0.05) is 55.8 Å². The molecule has 0 spiro atoms. The van der Waals surface area contributed by atoms with E-state index in [0.717, 1.165) is 44.3 Å². The van der Waals surface area contributed by atoms with Crippen molar-refractivity contribution >= 4 is 17.3 Å². The Kier molecular flexibility index (Phi) is 6.35. The lowest BCUT2D eigenvalue weighted by Crippen LogP contribution is -2.37. The van der Waals surface area contributed by atoms with Crippen LogP contribution in [0.4, 0.5) is 5.69 Å². The van der Waals surface area contributed by atoms with Crippen LogP contribution in [0.2, 0.25) is 5.02 Å². The van der Waals surface area contributed by atoms with E-state index in [0.29, 0.717) is 0 Å². The highest BCUT2D eigenvalue weighted by atomic mass is 35.5. The van der Waals surface area contributed by atoms with E-state index in [4.69, 9.17) is 11.6 Å². The average molecular weight is 358 g/mol. The number of hydrogen-bond donors (Lipinski definition) is 1. The summed E-state index contributed by atoms with van der Waals surface area (Å²) in [6, 6.07) is 17.2. The van der Waals surface area contributed by atoms with Crippen LogP contribution in [0.1, 0.15) is 31.0 Å². The third-order valence-electron chi connectivity index (χ3n) is 5.08. The first kappa shape index (κ1) is 18.2. The predicted molar refractivity (Wildman–Crippen MR) is 108 cm³/mol. The van der Waals surface area contributed by atoms with Gasteiger partial charge in [0.1, 0.15) is 0 Å². The van der Waals surface area contributed by atoms with Gasteiger partial charge in [-0.25, -0.2) is 0 Å². The molecule has 3 nitrogen and oxygen atoms in total. The summed E-state index contributed by atoms with van der Waals surface area (Å²) in [6.45, 7) is 10.8. The maximum Gasteiger partial charge on any atom is 0.0598 e. The predicted octanol–water partition coefficient (Wildman–Crippen LogP) is 4.18. The van der Waals surface area contributed by atoms with Crippen molar-refractivity contribution in [3.8, 4) is 0 Å². The molecule has 0 radical (unpaired) electrons. The normalized spacial score (nSPS) is 17.4. The smallest absolute Gasteiger partial charge is 0.0598 e. The van der Waals surface area contributed by atoms with E-state index in [2.05, 4.69) is 71.4 Å². The Morgan fingerprint density at radius 3 is 2.60 bits per heavy atom. The van der Waals surface area contributed by atoms with Crippen molar-refractivity contribution < 1.29 is 0 Å². The Bertz CT molecular complexity index is 670. The molecule has 25 heavy (non-hydrogen) atoms. The second kappa shape index (κ2) is 8.70. The van der Waals surface area contributed by atoms with Gasteiger partial charge in [0, 0.05) is 36.9 Å². The fourth-order valence-corrected chi connectivity index (χ4v) is 3.78. The second-order valence-corrected chi connectivity index (χ2v) is 6.95. The van der Waals surface area contributed by atoms with E-state index in [-0.39, 0.29) is 6.04 Å². The summed E-state index contributed by atoms with van der Waals surface area (Å²) in [7, 11) is 0. The number of anilines is 1. The monoisotopic (exact) mass is 357 g/mol. The van der Waals surface area contributed by atoms with Crippen molar-refractivity contribution in [3.05, 3.63) is 64.7 Å². The third-order valence-corrected chi connectivity index (χ3v) is 5.32. The average Bonchev–Trinajstić information content (AvgIpc) is 2.82. The van der Waals surface area contributed by atoms with Gasteiger partial charge >= 0.3 is 0 Å². The molecule has 0 aliphatic carbocycles. The molecule has 1 N–H and O–H groups in total. The number of nitrogens with zero attached hydrogens (tertiary/aromatic N) is 2. The molecule has 0 fully saturated rings. The number of rotatable bonds is 6. The van der Waals surface area contributed by atoms with Crippen LogP contribution in [0.25, 0.3) is 0 Å². The van der Waals surface area contributed by atoms with Crippen LogP contribution >= 0.6 is 11.6 Å². The molecule has 0 saturated carbocycles. The number of nitrogens with one attached hydrogen (secondary N) is 1. The minimum atomic E-state index is 0.188. The van der Waals surface area contributed by atoms with Crippen LogP contribution < -0.4 is 10.2 Å². The molecule has 1 aliphatic heterocycles. The zero-order chi connectivity index (χ0) is 17.6. The van der Waals surface area contributed by atoms with Crippen molar-refractivity contribution in [2.24, 2.45) is 0 Å². The lowest BCUT2D eigenvalue weighted by Gasteiger charge is -2.28. The van der Waals surface area contributed by atoms with Crippen LogP contribution in [0.15, 0.2) is 48.5 Å². The van der Waals surface area contributed by atoms with Gasteiger partial charge in [0.15, 0.2) is 0 Å². The van der Waals surface area contributed by atoms with E-state index < -0.39 is 0 Å². The summed E-state index contributed by atoms with van der Waals surface area (Å²) < 4.78 is 0. The molecule has 1 aliphatic rings. The number of fused-ring (bicyclic) bond motifs is 1. The van der Waals surface area contributed by atoms with Crippen LogP contribution in [0.3, 0.4) is 0 Å². The van der Waals surface area contributed by atoms with Gasteiger partial charge in [0.2, 0.25) is 0 Å². The molecule has 1 atom stereocenters. The highest BCUT2D eigenvalue weighted by Gasteiger charge is 2.24. The third kappa shape index (κ3) is 4.35. The molecule has 4 heteroatoms. The van der Waals surface area contributed by atoms with Gasteiger partial charge < -0.3 is 15.1 Å². The lowest BCUT2D eigenvalue weighted by atomic mass is 9.97. The molecule has 1 unspecified atom stereocenters. The van der Waals surface area contributed by atoms with Gasteiger partial charge in [-0.2, -0.15) is 0 Å². The zero-order valence-corrected chi connectivity index (χ0v) is 16.0. The van der Waals surface area contributed by atoms with Crippen molar-refractivity contribution in [2.45, 2.75) is 19.9 Å². The summed E-state index contributed by atoms with van der Waals surface area (Å²) in [5, 5.41) is 4.51. The highest BCUT2D eigenvalue weighted by molar-refractivity contribution is 6.30. The van der Waals surface area contributed by atoms with Gasteiger partial charge in [0.25, 0.3) is 0 Å². The van der Waals surface area contributed by atoms with Crippen LogP contribution in [-0.4, -0.2) is 44.2 Å². The van der Waals surface area contributed by atoms with Gasteiger partial charge in [0.05, 0.1) is 6.04 Å². The Labute approximate surface area is 156 Å². The number of hydrogen-bond acceptors (Lipinski definition) is 3. The van der Waals surface area contributed by atoms with Crippen LogP contribution in [-0.2, 0) is 0 Å². The summed E-state index contributed by atoms with van der Waals surface area (Å²) in [4.78, 5) is 4.97. The quantitative estimate of drug-likeness (QED) is 0.836. The van der Waals surface area contributed by atoms with Gasteiger partial charge in [-0.3, -0.25) is 0 Å². The topological polar surface area (TPSA) is 18.5 Å². The zero-order valence-electron chi connectivity index (χ0n) is 15.2. The van der Waals surface area contributed by atoms with E-state index in [1.165, 1.54) is 16.8 Å². The first-order chi connectivity index (χ1) is 12.2. The van der Waals surface area contributed by atoms with E-state index in [1.807, 2.05) is 6.07 Å². The molecule has 0 aromatic heterocycles. The molecule has 1 heterocycles. The summed E-state index contributed by atoms with van der Waals surface area (Å²) in [5.41, 5.74) is 3.86. The van der Waals surface area contributed by atoms with E-state index >= 15 is 0 Å². The number of halogens is 1. The van der Waals surface area contributed by atoms with Crippen LogP contribution in [0, 0.1) is 0 Å². The first-order valence-corrected chi connectivity index (χ1v) is 9.65. The molecule has 0 saturated heterocycles. The fraction of sp³-hybridized carbons (Fsp3) is 0.429. The molecule has 2 aromatic carbocycles. The minimum absolute atomic E-state index is 0.188. The number of likely N-dealkylation sites (N-methyl/N-ethyl adjacent to an activating group) is 1. The molecular weight excluding hydrogens is 330 g/mol. The molecule has 2 aromatic rings. The summed E-state index contributed by atoms with van der Waals surface area (Å²) in [6.07, 6.45) is 0. The van der Waals surface area contributed by atoms with Crippen molar-refractivity contribution in [1.29, 1.82) is 0 Å². The SMILES string of the molecule is CCN(CC)CCN1CCNC(c2ccccc2)c2cc(Cl)ccc21. The maximum absolute atomic E-state index is 6.35. The Morgan fingerprint density at radius 2 is 1.88 bits per heavy atom. The lowest BCUT2D eigenvalue weighted by molar-refractivity contribution is 0.309. The second-order valence-electron chi connectivity index (χ2n) is 6.51. The molecule has 0 bridgehead atoms. The Balaban J connectivity index is 1.90. The van der Waals surface area contributed by atoms with Gasteiger partial charge in [-0.15, -0.1) is 0 Å². The van der Waals surface area contributed by atoms with Crippen molar-refractivity contribution in [3.63, 3.8) is 0 Å². The Hall–Kier alpha value is -1.55. The summed E-state index contributed by atoms with van der Waals surface area (Å²) >= 11 is 6.35. The first-order valence-electron chi connectivity index (χ1n) is 9.28. The minimum Gasteiger partial charge on any atom is -0.369 e. The highest BCUT2D eigenvalue weighted by Crippen LogP contribution is 2.34.